The number of amides is 1. The molecule has 1 heterocycles. The van der Waals surface area contributed by atoms with Gasteiger partial charge in [0, 0.05) is 12.2 Å². The molecule has 2 atom stereocenters. The molecule has 86 valence electrons. The summed E-state index contributed by atoms with van der Waals surface area (Å²) in [6, 6.07) is 0. The van der Waals surface area contributed by atoms with Crippen molar-refractivity contribution in [3.05, 3.63) is 12.2 Å². The van der Waals surface area contributed by atoms with Gasteiger partial charge in [-0.1, -0.05) is 6.58 Å². The van der Waals surface area contributed by atoms with Gasteiger partial charge in [-0.15, -0.1) is 0 Å². The molecular weight excluding hydrogens is 198 g/mol. The third kappa shape index (κ3) is 4.42. The number of carbonyl (C=O) groups is 1. The van der Waals surface area contributed by atoms with E-state index in [1.165, 1.54) is 0 Å². The van der Waals surface area contributed by atoms with Gasteiger partial charge in [0.05, 0.1) is 13.2 Å². The quantitative estimate of drug-likeness (QED) is 0.267. The second-order valence-electron chi connectivity index (χ2n) is 3.49. The second-order valence-corrected chi connectivity index (χ2v) is 3.49. The van der Waals surface area contributed by atoms with Gasteiger partial charge in [-0.25, -0.2) is 0 Å². The van der Waals surface area contributed by atoms with Crippen LogP contribution in [-0.4, -0.2) is 43.2 Å². The molecule has 1 aliphatic rings. The topological polar surface area (TPSA) is 71.1 Å². The number of rotatable bonds is 7. The monoisotopic (exact) mass is 215 g/mol. The van der Waals surface area contributed by atoms with E-state index in [0.29, 0.717) is 25.2 Å². The molecule has 0 aromatic carbocycles. The van der Waals surface area contributed by atoms with Gasteiger partial charge in [-0.05, 0) is 13.3 Å². The fraction of sp³-hybridized carbons (Fsp3) is 0.700. The lowest BCUT2D eigenvalue weighted by molar-refractivity contribution is -0.122. The lowest BCUT2D eigenvalue weighted by Crippen LogP contribution is -2.41. The van der Waals surface area contributed by atoms with Crippen molar-refractivity contribution >= 4 is 5.91 Å². The molecule has 0 saturated carbocycles. The Labute approximate surface area is 89.1 Å². The minimum atomic E-state index is -0.430. The fourth-order valence-corrected chi connectivity index (χ4v) is 1.000. The minimum absolute atomic E-state index is 0.0630. The van der Waals surface area contributed by atoms with Gasteiger partial charge in [-0.3, -0.25) is 4.79 Å². The fourth-order valence-electron chi connectivity index (χ4n) is 1.000. The summed E-state index contributed by atoms with van der Waals surface area (Å²) in [5.74, 6) is -0.237. The number of hydrogen-bond acceptors (Lipinski definition) is 4. The Morgan fingerprint density at radius 1 is 1.80 bits per heavy atom. The molecule has 1 amide bonds. The van der Waals surface area contributed by atoms with E-state index < -0.39 is 6.23 Å². The SMILES string of the molecule is C=C(C)C(=O)NC(OCCCO)C1CO1. The molecule has 0 spiro atoms. The summed E-state index contributed by atoms with van der Waals surface area (Å²) >= 11 is 0. The molecule has 0 aromatic heterocycles. The molecule has 5 heteroatoms. The smallest absolute Gasteiger partial charge is 0.248 e. The molecule has 5 nitrogen and oxygen atoms in total. The molecule has 15 heavy (non-hydrogen) atoms. The van der Waals surface area contributed by atoms with E-state index in [4.69, 9.17) is 14.6 Å². The van der Waals surface area contributed by atoms with E-state index in [9.17, 15) is 4.79 Å². The Hall–Kier alpha value is -0.910. The number of aliphatic hydroxyl groups is 1. The predicted molar refractivity (Wildman–Crippen MR) is 54.1 cm³/mol. The van der Waals surface area contributed by atoms with Crippen LogP contribution in [0.15, 0.2) is 12.2 Å². The first-order valence-electron chi connectivity index (χ1n) is 4.95. The second kappa shape index (κ2) is 5.85. The normalized spacial score (nSPS) is 20.8. The molecule has 2 N–H and O–H groups in total. The molecule has 0 radical (unpaired) electrons. The Bertz CT molecular complexity index is 238. The lowest BCUT2D eigenvalue weighted by atomic mass is 10.3. The predicted octanol–water partition coefficient (Wildman–Crippen LogP) is -0.197. The van der Waals surface area contributed by atoms with Gasteiger partial charge in [-0.2, -0.15) is 0 Å². The highest BCUT2D eigenvalue weighted by atomic mass is 16.6. The van der Waals surface area contributed by atoms with Crippen LogP contribution in [0.5, 0.6) is 0 Å². The highest BCUT2D eigenvalue weighted by molar-refractivity contribution is 5.92. The average Bonchev–Trinajstić information content (AvgIpc) is 2.99. The van der Waals surface area contributed by atoms with Crippen molar-refractivity contribution < 1.29 is 19.4 Å². The zero-order chi connectivity index (χ0) is 11.3. The first-order chi connectivity index (χ1) is 7.15. The van der Waals surface area contributed by atoms with Crippen LogP contribution < -0.4 is 5.32 Å². The van der Waals surface area contributed by atoms with Crippen LogP contribution in [-0.2, 0) is 14.3 Å². The van der Waals surface area contributed by atoms with Crippen LogP contribution in [0, 0.1) is 0 Å². The summed E-state index contributed by atoms with van der Waals surface area (Å²) in [6.45, 7) is 6.24. The van der Waals surface area contributed by atoms with Crippen molar-refractivity contribution in [3.8, 4) is 0 Å². The van der Waals surface area contributed by atoms with Crippen LogP contribution in [0.2, 0.25) is 0 Å². The summed E-state index contributed by atoms with van der Waals surface area (Å²) < 4.78 is 10.4. The first-order valence-corrected chi connectivity index (χ1v) is 4.95. The summed E-state index contributed by atoms with van der Waals surface area (Å²) in [7, 11) is 0. The van der Waals surface area contributed by atoms with Crippen LogP contribution in [0.4, 0.5) is 0 Å². The average molecular weight is 215 g/mol. The Kier molecular flexibility index (Phi) is 4.74. The first kappa shape index (κ1) is 12.2. The third-order valence-electron chi connectivity index (χ3n) is 1.96. The highest BCUT2D eigenvalue weighted by Gasteiger charge is 2.34. The highest BCUT2D eigenvalue weighted by Crippen LogP contribution is 2.15. The molecule has 1 fully saturated rings. The summed E-state index contributed by atoms with van der Waals surface area (Å²) in [6.07, 6.45) is 0.0549. The van der Waals surface area contributed by atoms with Crippen molar-refractivity contribution in [1.82, 2.24) is 5.32 Å². The van der Waals surface area contributed by atoms with Crippen molar-refractivity contribution in [3.63, 3.8) is 0 Å². The molecule has 0 bridgehead atoms. The Balaban J connectivity index is 2.30. The standard InChI is InChI=1S/C10H17NO4/c1-7(2)9(13)11-10(8-6-15-8)14-5-3-4-12/h8,10,12H,1,3-6H2,2H3,(H,11,13). The molecule has 0 aromatic rings. The van der Waals surface area contributed by atoms with E-state index in [1.807, 2.05) is 0 Å². The van der Waals surface area contributed by atoms with Gasteiger partial charge in [0.25, 0.3) is 0 Å². The Morgan fingerprint density at radius 2 is 2.47 bits per heavy atom. The third-order valence-corrected chi connectivity index (χ3v) is 1.96. The van der Waals surface area contributed by atoms with Crippen molar-refractivity contribution in [2.24, 2.45) is 0 Å². The van der Waals surface area contributed by atoms with Crippen LogP contribution >= 0.6 is 0 Å². The van der Waals surface area contributed by atoms with E-state index in [-0.39, 0.29) is 18.6 Å². The zero-order valence-corrected chi connectivity index (χ0v) is 8.86. The molecule has 0 aliphatic carbocycles. The maximum absolute atomic E-state index is 11.3. The van der Waals surface area contributed by atoms with E-state index >= 15 is 0 Å². The van der Waals surface area contributed by atoms with Gasteiger partial charge < -0.3 is 19.9 Å². The largest absolute Gasteiger partial charge is 0.396 e. The van der Waals surface area contributed by atoms with Gasteiger partial charge in [0.15, 0.2) is 6.23 Å². The van der Waals surface area contributed by atoms with E-state index in [1.54, 1.807) is 6.92 Å². The van der Waals surface area contributed by atoms with E-state index in [2.05, 4.69) is 11.9 Å². The molecule has 1 saturated heterocycles. The number of epoxide rings is 1. The maximum atomic E-state index is 11.3. The Morgan fingerprint density at radius 3 is 2.93 bits per heavy atom. The van der Waals surface area contributed by atoms with Crippen molar-refractivity contribution in [1.29, 1.82) is 0 Å². The van der Waals surface area contributed by atoms with Crippen molar-refractivity contribution in [2.75, 3.05) is 19.8 Å². The van der Waals surface area contributed by atoms with Crippen LogP contribution in [0.3, 0.4) is 0 Å². The van der Waals surface area contributed by atoms with Crippen molar-refractivity contribution in [2.45, 2.75) is 25.7 Å². The number of hydrogen-bond donors (Lipinski definition) is 2. The zero-order valence-electron chi connectivity index (χ0n) is 8.86. The summed E-state index contributed by atoms with van der Waals surface area (Å²) in [5.41, 5.74) is 0.436. The molecule has 1 rings (SSSR count). The van der Waals surface area contributed by atoms with Crippen LogP contribution in [0.1, 0.15) is 13.3 Å². The van der Waals surface area contributed by atoms with Gasteiger partial charge >= 0.3 is 0 Å². The molecule has 1 aliphatic heterocycles. The molecule has 2 unspecified atom stereocenters. The summed E-state index contributed by atoms with van der Waals surface area (Å²) in [5, 5.41) is 11.3. The summed E-state index contributed by atoms with van der Waals surface area (Å²) in [4.78, 5) is 11.3. The van der Waals surface area contributed by atoms with Gasteiger partial charge in [0.2, 0.25) is 5.91 Å². The minimum Gasteiger partial charge on any atom is -0.396 e. The number of carbonyl (C=O) groups excluding carboxylic acids is 1. The number of nitrogens with one attached hydrogen (secondary N) is 1. The number of aliphatic hydroxyl groups excluding tert-OH is 1. The number of ether oxygens (including phenoxy) is 2. The van der Waals surface area contributed by atoms with Gasteiger partial charge in [0.1, 0.15) is 6.10 Å². The lowest BCUT2D eigenvalue weighted by Gasteiger charge is -2.17. The van der Waals surface area contributed by atoms with Crippen LogP contribution in [0.25, 0.3) is 0 Å². The maximum Gasteiger partial charge on any atom is 0.248 e. The molecular formula is C10H17NO4. The van der Waals surface area contributed by atoms with E-state index in [0.717, 1.165) is 0 Å².